The van der Waals surface area contributed by atoms with Crippen molar-refractivity contribution in [1.82, 2.24) is 5.32 Å². The number of aliphatic hydroxyl groups is 1. The van der Waals surface area contributed by atoms with Gasteiger partial charge in [0.2, 0.25) is 0 Å². The number of nitro benzene ring substituents is 1. The number of fused-ring (bicyclic) bond motifs is 1. The van der Waals surface area contributed by atoms with Gasteiger partial charge < -0.3 is 19.9 Å². The maximum absolute atomic E-state index is 11.9. The average molecular weight is 463 g/mol. The lowest BCUT2D eigenvalue weighted by atomic mass is 9.84. The van der Waals surface area contributed by atoms with Gasteiger partial charge in [-0.15, -0.1) is 0 Å². The molecule has 34 heavy (non-hydrogen) atoms. The van der Waals surface area contributed by atoms with Crippen molar-refractivity contribution in [3.8, 4) is 11.5 Å². The largest absolute Gasteiger partial charge is 0.497 e. The van der Waals surface area contributed by atoms with Crippen LogP contribution in [0.3, 0.4) is 0 Å². The monoisotopic (exact) mass is 462 g/mol. The molecule has 4 rings (SSSR count). The van der Waals surface area contributed by atoms with E-state index in [1.807, 2.05) is 54.6 Å². The third-order valence-electron chi connectivity index (χ3n) is 6.31. The summed E-state index contributed by atoms with van der Waals surface area (Å²) in [6, 6.07) is 20.8. The van der Waals surface area contributed by atoms with E-state index in [1.165, 1.54) is 5.56 Å². The summed E-state index contributed by atoms with van der Waals surface area (Å²) < 4.78 is 11.0. The molecule has 0 heterocycles. The van der Waals surface area contributed by atoms with Crippen LogP contribution in [-0.2, 0) is 19.4 Å². The molecule has 3 unspecified atom stereocenters. The van der Waals surface area contributed by atoms with E-state index in [9.17, 15) is 15.2 Å². The van der Waals surface area contributed by atoms with Crippen LogP contribution in [0, 0.1) is 10.1 Å². The van der Waals surface area contributed by atoms with Gasteiger partial charge in [0.25, 0.3) is 0 Å². The smallest absolute Gasteiger partial charge is 0.314 e. The van der Waals surface area contributed by atoms with E-state index in [-0.39, 0.29) is 30.1 Å². The van der Waals surface area contributed by atoms with Crippen LogP contribution in [0.5, 0.6) is 11.5 Å². The molecule has 3 atom stereocenters. The molecule has 0 amide bonds. The summed E-state index contributed by atoms with van der Waals surface area (Å²) in [4.78, 5) is 11.5. The first-order valence-electron chi connectivity index (χ1n) is 11.5. The molecule has 0 aliphatic heterocycles. The van der Waals surface area contributed by atoms with Crippen LogP contribution < -0.4 is 14.8 Å². The lowest BCUT2D eigenvalue weighted by Gasteiger charge is -2.33. The Morgan fingerprint density at radius 2 is 1.82 bits per heavy atom. The molecule has 0 fully saturated rings. The van der Waals surface area contributed by atoms with Crippen LogP contribution in [0.4, 0.5) is 5.69 Å². The molecule has 2 N–H and O–H groups in total. The second-order valence-corrected chi connectivity index (χ2v) is 8.72. The van der Waals surface area contributed by atoms with Gasteiger partial charge in [-0.3, -0.25) is 10.1 Å². The van der Waals surface area contributed by atoms with Crippen LogP contribution in [0.15, 0.2) is 66.7 Å². The van der Waals surface area contributed by atoms with Crippen molar-refractivity contribution in [2.45, 2.75) is 51.0 Å². The fraction of sp³-hybridized carbons (Fsp3) is 0.333. The summed E-state index contributed by atoms with van der Waals surface area (Å²) in [5.41, 5.74) is 3.22. The summed E-state index contributed by atoms with van der Waals surface area (Å²) >= 11 is 0. The van der Waals surface area contributed by atoms with E-state index in [4.69, 9.17) is 9.47 Å². The first kappa shape index (κ1) is 23.7. The summed E-state index contributed by atoms with van der Waals surface area (Å²) in [5, 5.41) is 26.5. The van der Waals surface area contributed by atoms with E-state index in [0.29, 0.717) is 24.0 Å². The lowest BCUT2D eigenvalue weighted by molar-refractivity contribution is -0.386. The maximum atomic E-state index is 11.9. The molecule has 0 saturated carbocycles. The third-order valence-corrected chi connectivity index (χ3v) is 6.31. The predicted octanol–water partition coefficient (Wildman–Crippen LogP) is 4.75. The number of rotatable bonds is 9. The summed E-state index contributed by atoms with van der Waals surface area (Å²) in [6.07, 6.45) is 1.07. The number of nitro groups is 1. The van der Waals surface area contributed by atoms with Crippen LogP contribution in [0.25, 0.3) is 0 Å². The zero-order valence-electron chi connectivity index (χ0n) is 19.4. The van der Waals surface area contributed by atoms with Gasteiger partial charge in [0.1, 0.15) is 12.4 Å². The molecular weight excluding hydrogens is 432 g/mol. The number of hydrogen-bond acceptors (Lipinski definition) is 6. The highest BCUT2D eigenvalue weighted by Crippen LogP contribution is 2.41. The Labute approximate surface area is 199 Å². The molecule has 0 radical (unpaired) electrons. The van der Waals surface area contributed by atoms with Gasteiger partial charge in [-0.05, 0) is 61.1 Å². The SMILES string of the molecule is COc1ccc(CC(C)NC2CCc3c(ccc(OCc4ccccc4)c3[N+](=O)[O-])C2O)cc1. The Morgan fingerprint density at radius 1 is 1.09 bits per heavy atom. The first-order valence-corrected chi connectivity index (χ1v) is 11.5. The quantitative estimate of drug-likeness (QED) is 0.352. The molecule has 1 aliphatic rings. The number of nitrogens with one attached hydrogen (secondary N) is 1. The van der Waals surface area contributed by atoms with Crippen molar-refractivity contribution >= 4 is 5.69 Å². The molecule has 7 nitrogen and oxygen atoms in total. The summed E-state index contributed by atoms with van der Waals surface area (Å²) in [6.45, 7) is 2.32. The molecule has 1 aliphatic carbocycles. The van der Waals surface area contributed by atoms with Crippen LogP contribution in [0.2, 0.25) is 0 Å². The van der Waals surface area contributed by atoms with Crippen LogP contribution in [0.1, 0.15) is 41.7 Å². The van der Waals surface area contributed by atoms with Crippen molar-refractivity contribution in [2.24, 2.45) is 0 Å². The Balaban J connectivity index is 1.46. The molecule has 0 spiro atoms. The predicted molar refractivity (Wildman–Crippen MR) is 130 cm³/mol. The molecule has 178 valence electrons. The van der Waals surface area contributed by atoms with Gasteiger partial charge in [-0.25, -0.2) is 0 Å². The Bertz CT molecular complexity index is 1120. The zero-order chi connectivity index (χ0) is 24.1. The molecule has 3 aromatic rings. The molecule has 3 aromatic carbocycles. The topological polar surface area (TPSA) is 93.9 Å². The number of ether oxygens (including phenoxy) is 2. The van der Waals surface area contributed by atoms with E-state index >= 15 is 0 Å². The van der Waals surface area contributed by atoms with Gasteiger partial charge in [-0.2, -0.15) is 0 Å². The maximum Gasteiger partial charge on any atom is 0.314 e. The molecule has 7 heteroatoms. The van der Waals surface area contributed by atoms with E-state index in [2.05, 4.69) is 12.2 Å². The minimum atomic E-state index is -0.830. The fourth-order valence-corrected chi connectivity index (χ4v) is 4.61. The number of methoxy groups -OCH3 is 1. The highest BCUT2D eigenvalue weighted by molar-refractivity contribution is 5.58. The summed E-state index contributed by atoms with van der Waals surface area (Å²) in [7, 11) is 1.64. The number of aliphatic hydroxyl groups excluding tert-OH is 1. The molecule has 0 aromatic heterocycles. The Kier molecular flexibility index (Phi) is 7.45. The number of benzene rings is 3. The standard InChI is InChI=1S/C27H30N2O5/c1-18(16-19-8-10-21(33-2)11-9-19)28-24-14-12-22-23(27(24)30)13-15-25(26(22)29(31)32)34-17-20-6-4-3-5-7-20/h3-11,13,15,18,24,27-28,30H,12,14,16-17H2,1-2H3. The lowest BCUT2D eigenvalue weighted by Crippen LogP contribution is -2.44. The third kappa shape index (κ3) is 5.38. The van der Waals surface area contributed by atoms with Crippen molar-refractivity contribution < 1.29 is 19.5 Å². The molecule has 0 bridgehead atoms. The van der Waals surface area contributed by atoms with Crippen molar-refractivity contribution in [2.75, 3.05) is 7.11 Å². The van der Waals surface area contributed by atoms with Gasteiger partial charge in [0.05, 0.1) is 18.1 Å². The van der Waals surface area contributed by atoms with Gasteiger partial charge >= 0.3 is 5.69 Å². The zero-order valence-corrected chi connectivity index (χ0v) is 19.4. The minimum absolute atomic E-state index is 0.0442. The summed E-state index contributed by atoms with van der Waals surface area (Å²) in [5.74, 6) is 1.05. The normalized spacial score (nSPS) is 18.1. The average Bonchev–Trinajstić information content (AvgIpc) is 2.85. The fourth-order valence-electron chi connectivity index (χ4n) is 4.61. The van der Waals surface area contributed by atoms with E-state index in [1.54, 1.807) is 19.2 Å². The van der Waals surface area contributed by atoms with Crippen LogP contribution >= 0.6 is 0 Å². The van der Waals surface area contributed by atoms with Crippen LogP contribution in [-0.4, -0.2) is 29.2 Å². The second kappa shape index (κ2) is 10.7. The second-order valence-electron chi connectivity index (χ2n) is 8.72. The Hall–Kier alpha value is -3.42. The highest BCUT2D eigenvalue weighted by atomic mass is 16.6. The minimum Gasteiger partial charge on any atom is -0.497 e. The van der Waals surface area contributed by atoms with Crippen molar-refractivity contribution in [1.29, 1.82) is 0 Å². The molecule has 0 saturated heterocycles. The van der Waals surface area contributed by atoms with Gasteiger partial charge in [-0.1, -0.05) is 48.5 Å². The Morgan fingerprint density at radius 3 is 2.50 bits per heavy atom. The van der Waals surface area contributed by atoms with Gasteiger partial charge in [0.15, 0.2) is 5.75 Å². The van der Waals surface area contributed by atoms with E-state index in [0.717, 1.165) is 17.7 Å². The van der Waals surface area contributed by atoms with E-state index < -0.39 is 11.0 Å². The number of nitrogens with zero attached hydrogens (tertiary/aromatic N) is 1. The molecular formula is C27H30N2O5. The number of hydrogen-bond donors (Lipinski definition) is 2. The van der Waals surface area contributed by atoms with Gasteiger partial charge in [0, 0.05) is 17.6 Å². The van der Waals surface area contributed by atoms with Crippen molar-refractivity contribution in [3.63, 3.8) is 0 Å². The first-order chi connectivity index (χ1) is 16.5. The van der Waals surface area contributed by atoms with Crippen molar-refractivity contribution in [3.05, 3.63) is 99.1 Å². The highest BCUT2D eigenvalue weighted by Gasteiger charge is 2.35.